The second-order valence-electron chi connectivity index (χ2n) is 8.45. The van der Waals surface area contributed by atoms with Gasteiger partial charge >= 0.3 is 6.03 Å². The van der Waals surface area contributed by atoms with Crippen LogP contribution in [0.3, 0.4) is 0 Å². The predicted octanol–water partition coefficient (Wildman–Crippen LogP) is 4.16. The van der Waals surface area contributed by atoms with Gasteiger partial charge in [0.25, 0.3) is 0 Å². The number of fused-ring (bicyclic) bond motifs is 3. The van der Waals surface area contributed by atoms with Crippen molar-refractivity contribution in [3.63, 3.8) is 0 Å². The summed E-state index contributed by atoms with van der Waals surface area (Å²) in [6.45, 7) is 0. The van der Waals surface area contributed by atoms with Crippen LogP contribution in [0.25, 0.3) is 0 Å². The van der Waals surface area contributed by atoms with E-state index in [1.807, 2.05) is 5.38 Å². The predicted molar refractivity (Wildman–Crippen MR) is 120 cm³/mol. The van der Waals surface area contributed by atoms with Gasteiger partial charge in [0, 0.05) is 19.2 Å². The van der Waals surface area contributed by atoms with E-state index in [1.54, 1.807) is 7.11 Å². The van der Waals surface area contributed by atoms with Crippen molar-refractivity contribution in [3.8, 4) is 0 Å². The molecule has 0 spiro atoms. The zero-order chi connectivity index (χ0) is 20.9. The van der Waals surface area contributed by atoms with E-state index in [1.165, 1.54) is 33.6 Å². The minimum absolute atomic E-state index is 0.0874. The maximum atomic E-state index is 13.3. The molecule has 0 bridgehead atoms. The number of nitrogens with two attached hydrogens (primary N) is 1. The van der Waals surface area contributed by atoms with Crippen LogP contribution in [0.2, 0.25) is 0 Å². The molecule has 1 heterocycles. The number of nitrogens with one attached hydrogen (secondary N) is 1. The lowest BCUT2D eigenvalue weighted by Crippen LogP contribution is -2.24. The van der Waals surface area contributed by atoms with Gasteiger partial charge in [0.2, 0.25) is 0 Å². The van der Waals surface area contributed by atoms with Crippen LogP contribution in [0.15, 0.2) is 20.0 Å². The van der Waals surface area contributed by atoms with Crippen molar-refractivity contribution in [1.29, 1.82) is 0 Å². The molecule has 30 heavy (non-hydrogen) atoms. The highest BCUT2D eigenvalue weighted by molar-refractivity contribution is 7.93. The van der Waals surface area contributed by atoms with Crippen LogP contribution in [-0.4, -0.2) is 23.5 Å². The number of thiophene rings is 1. The maximum absolute atomic E-state index is 13.3. The third kappa shape index (κ3) is 3.49. The molecule has 2 unspecified atom stereocenters. The number of hydrogen-bond acceptors (Lipinski definition) is 4. The SMILES string of the molecule is COC1CCc2csc(S(N)(=O)=NC(=O)Nc3c4c(cc5c3CCC5)CCC4)c2C1. The fourth-order valence-corrected chi connectivity index (χ4v) is 7.79. The molecule has 3 N–H and O–H groups in total. The molecule has 0 saturated carbocycles. The first-order valence-electron chi connectivity index (χ1n) is 10.6. The van der Waals surface area contributed by atoms with E-state index < -0.39 is 15.9 Å². The van der Waals surface area contributed by atoms with Crippen LogP contribution in [0, 0.1) is 0 Å². The molecule has 6 nitrogen and oxygen atoms in total. The van der Waals surface area contributed by atoms with Crippen molar-refractivity contribution in [2.45, 2.75) is 68.1 Å². The van der Waals surface area contributed by atoms with E-state index >= 15 is 0 Å². The monoisotopic (exact) mass is 445 g/mol. The highest BCUT2D eigenvalue weighted by atomic mass is 32.2. The second kappa shape index (κ2) is 7.75. The first-order valence-corrected chi connectivity index (χ1v) is 13.1. The molecule has 0 fully saturated rings. The molecule has 0 aliphatic heterocycles. The number of benzene rings is 1. The number of carbonyl (C=O) groups is 1. The van der Waals surface area contributed by atoms with Crippen LogP contribution < -0.4 is 10.5 Å². The summed E-state index contributed by atoms with van der Waals surface area (Å²) in [5.41, 5.74) is 8.10. The number of urea groups is 1. The van der Waals surface area contributed by atoms with Gasteiger partial charge in [-0.25, -0.2) is 14.1 Å². The smallest absolute Gasteiger partial charge is 0.354 e. The van der Waals surface area contributed by atoms with Gasteiger partial charge in [0.1, 0.15) is 4.21 Å². The summed E-state index contributed by atoms with van der Waals surface area (Å²) < 4.78 is 23.3. The van der Waals surface area contributed by atoms with E-state index in [2.05, 4.69) is 15.7 Å². The lowest BCUT2D eigenvalue weighted by Gasteiger charge is -2.22. The number of hydrogen-bond donors (Lipinski definition) is 2. The average Bonchev–Trinajstić information content (AvgIpc) is 3.45. The van der Waals surface area contributed by atoms with Crippen LogP contribution in [0.5, 0.6) is 0 Å². The first kappa shape index (κ1) is 20.2. The molecule has 160 valence electrons. The quantitative estimate of drug-likeness (QED) is 0.743. The van der Waals surface area contributed by atoms with Gasteiger partial charge in [-0.3, -0.25) is 0 Å². The minimum atomic E-state index is -3.31. The highest BCUT2D eigenvalue weighted by Crippen LogP contribution is 2.39. The Hall–Kier alpha value is -1.74. The molecule has 3 aliphatic carbocycles. The summed E-state index contributed by atoms with van der Waals surface area (Å²) in [4.78, 5) is 12.9. The molecule has 3 aliphatic rings. The van der Waals surface area contributed by atoms with Gasteiger partial charge in [0.15, 0.2) is 9.92 Å². The largest absolute Gasteiger partial charge is 0.381 e. The first-order chi connectivity index (χ1) is 14.5. The molecule has 0 radical (unpaired) electrons. The van der Waals surface area contributed by atoms with Crippen LogP contribution in [-0.2, 0) is 53.2 Å². The Kier molecular flexibility index (Phi) is 5.21. The Morgan fingerprint density at radius 1 is 1.13 bits per heavy atom. The maximum Gasteiger partial charge on any atom is 0.354 e. The Labute approximate surface area is 181 Å². The summed E-state index contributed by atoms with van der Waals surface area (Å²) in [6.07, 6.45) is 8.81. The summed E-state index contributed by atoms with van der Waals surface area (Å²) >= 11 is 1.34. The van der Waals surface area contributed by atoms with E-state index in [9.17, 15) is 9.00 Å². The average molecular weight is 446 g/mol. The van der Waals surface area contributed by atoms with Crippen molar-refractivity contribution < 1.29 is 13.7 Å². The van der Waals surface area contributed by atoms with Crippen molar-refractivity contribution in [1.82, 2.24) is 0 Å². The topological polar surface area (TPSA) is 93.8 Å². The highest BCUT2D eigenvalue weighted by Gasteiger charge is 2.28. The molecular weight excluding hydrogens is 418 g/mol. The fraction of sp³-hybridized carbons (Fsp3) is 0.500. The zero-order valence-electron chi connectivity index (χ0n) is 17.2. The third-order valence-corrected chi connectivity index (χ3v) is 9.71. The molecule has 2 atom stereocenters. The van der Waals surface area contributed by atoms with Crippen molar-refractivity contribution >= 4 is 33.0 Å². The lowest BCUT2D eigenvalue weighted by molar-refractivity contribution is 0.0907. The number of ether oxygens (including phenoxy) is 1. The molecule has 0 saturated heterocycles. The Morgan fingerprint density at radius 2 is 1.83 bits per heavy atom. The van der Waals surface area contributed by atoms with Crippen LogP contribution in [0.4, 0.5) is 10.5 Å². The summed E-state index contributed by atoms with van der Waals surface area (Å²) in [6, 6.07) is 1.70. The number of rotatable bonds is 3. The lowest BCUT2D eigenvalue weighted by atomic mass is 9.93. The molecule has 5 rings (SSSR count). The van der Waals surface area contributed by atoms with E-state index in [-0.39, 0.29) is 6.10 Å². The van der Waals surface area contributed by atoms with Gasteiger partial charge in [-0.05, 0) is 90.1 Å². The molecule has 2 aromatic rings. The summed E-state index contributed by atoms with van der Waals surface area (Å²) in [5.74, 6) is 0. The molecule has 1 aromatic heterocycles. The normalized spacial score (nSPS) is 21.5. The molecule has 8 heteroatoms. The van der Waals surface area contributed by atoms with Crippen molar-refractivity contribution in [2.24, 2.45) is 9.50 Å². The Morgan fingerprint density at radius 3 is 2.50 bits per heavy atom. The van der Waals surface area contributed by atoms with Crippen molar-refractivity contribution in [3.05, 3.63) is 44.8 Å². The van der Waals surface area contributed by atoms with Gasteiger partial charge in [-0.15, -0.1) is 15.7 Å². The van der Waals surface area contributed by atoms with E-state index in [4.69, 9.17) is 9.88 Å². The summed E-state index contributed by atoms with van der Waals surface area (Å²) in [7, 11) is -1.62. The molecule has 1 aromatic carbocycles. The number of aryl methyl sites for hydroxylation is 3. The number of amides is 2. The number of methoxy groups -OCH3 is 1. The van der Waals surface area contributed by atoms with Gasteiger partial charge in [-0.2, -0.15) is 0 Å². The summed E-state index contributed by atoms with van der Waals surface area (Å²) in [5, 5.41) is 11.1. The molecular formula is C22H27N3O3S2. The standard InChI is InChI=1S/C22H27N3O3S2/c1-28-16-9-8-15-12-29-21(19(15)11-16)30(23,27)25-22(26)24-20-17-6-2-4-13(17)10-14-5-3-7-18(14)20/h10,12,16H,2-9,11H2,1H3,(H3,23,24,25,26,27). The van der Waals surface area contributed by atoms with Crippen LogP contribution in [0.1, 0.15) is 52.6 Å². The number of anilines is 1. The minimum Gasteiger partial charge on any atom is -0.381 e. The van der Waals surface area contributed by atoms with Gasteiger partial charge in [-0.1, -0.05) is 6.07 Å². The van der Waals surface area contributed by atoms with Gasteiger partial charge in [0.05, 0.1) is 6.10 Å². The Bertz CT molecular complexity index is 1110. The van der Waals surface area contributed by atoms with E-state index in [0.29, 0.717) is 10.6 Å². The number of nitrogens with zero attached hydrogens (tertiary/aromatic N) is 1. The molecule has 2 amide bonds. The Balaban J connectivity index is 1.47. The second-order valence-corrected chi connectivity index (χ2v) is 11.3. The van der Waals surface area contributed by atoms with E-state index in [0.717, 1.165) is 68.2 Å². The number of carbonyl (C=O) groups excluding carboxylic acids is 1. The van der Waals surface area contributed by atoms with Crippen molar-refractivity contribution in [2.75, 3.05) is 12.4 Å². The zero-order valence-corrected chi connectivity index (χ0v) is 18.8. The van der Waals surface area contributed by atoms with Crippen LogP contribution >= 0.6 is 11.3 Å². The fourth-order valence-electron chi connectivity index (χ4n) is 5.18. The third-order valence-electron chi connectivity index (χ3n) is 6.63. The van der Waals surface area contributed by atoms with Gasteiger partial charge < -0.3 is 10.1 Å².